The molecule has 4 heteroatoms. The molecule has 118 valence electrons. The minimum absolute atomic E-state index is 0.665. The lowest BCUT2D eigenvalue weighted by Crippen LogP contribution is -2.27. The van der Waals surface area contributed by atoms with Crippen LogP contribution >= 0.6 is 0 Å². The molecule has 1 saturated carbocycles. The zero-order chi connectivity index (χ0) is 15.1. The van der Waals surface area contributed by atoms with Crippen LogP contribution in [0.2, 0.25) is 0 Å². The number of anilines is 1. The van der Waals surface area contributed by atoms with Crippen molar-refractivity contribution in [1.82, 2.24) is 10.3 Å². The zero-order valence-corrected chi connectivity index (χ0v) is 13.6. The van der Waals surface area contributed by atoms with Crippen molar-refractivity contribution in [2.75, 3.05) is 38.3 Å². The third-order valence-corrected chi connectivity index (χ3v) is 3.72. The molecule has 0 aliphatic heterocycles. The van der Waals surface area contributed by atoms with Gasteiger partial charge in [0.1, 0.15) is 5.82 Å². The molecule has 0 spiro atoms. The normalized spacial score (nSPS) is 14.7. The maximum absolute atomic E-state index is 5.72. The van der Waals surface area contributed by atoms with Crippen LogP contribution in [0.3, 0.4) is 0 Å². The number of hydrogen-bond donors (Lipinski definition) is 1. The molecule has 0 atom stereocenters. The first-order chi connectivity index (χ1) is 10.2. The highest BCUT2D eigenvalue weighted by Gasteiger charge is 2.21. The molecule has 1 fully saturated rings. The van der Waals surface area contributed by atoms with E-state index in [-0.39, 0.29) is 0 Å². The van der Waals surface area contributed by atoms with E-state index in [4.69, 9.17) is 4.74 Å². The van der Waals surface area contributed by atoms with Gasteiger partial charge in [0.15, 0.2) is 0 Å². The summed E-state index contributed by atoms with van der Waals surface area (Å²) in [6.45, 7) is 8.94. The summed E-state index contributed by atoms with van der Waals surface area (Å²) < 4.78 is 5.72. The maximum atomic E-state index is 5.72. The van der Waals surface area contributed by atoms with Crippen molar-refractivity contribution < 1.29 is 4.74 Å². The van der Waals surface area contributed by atoms with Gasteiger partial charge < -0.3 is 15.0 Å². The van der Waals surface area contributed by atoms with Crippen LogP contribution in [0.1, 0.15) is 32.3 Å². The average Bonchev–Trinajstić information content (AvgIpc) is 3.28. The van der Waals surface area contributed by atoms with Crippen molar-refractivity contribution in [2.45, 2.75) is 33.2 Å². The number of nitrogens with one attached hydrogen (secondary N) is 1. The number of likely N-dealkylation sites (N-methyl/N-ethyl adjacent to an activating group) is 1. The second-order valence-corrected chi connectivity index (χ2v) is 6.45. The Hall–Kier alpha value is -1.13. The first-order valence-electron chi connectivity index (χ1n) is 8.10. The summed E-state index contributed by atoms with van der Waals surface area (Å²) in [5.41, 5.74) is 1.25. The highest BCUT2D eigenvalue weighted by Crippen LogP contribution is 2.28. The van der Waals surface area contributed by atoms with Gasteiger partial charge in [-0.3, -0.25) is 0 Å². The summed E-state index contributed by atoms with van der Waals surface area (Å²) in [6, 6.07) is 4.16. The van der Waals surface area contributed by atoms with Gasteiger partial charge in [0.05, 0.1) is 6.61 Å². The van der Waals surface area contributed by atoms with E-state index in [0.717, 1.165) is 44.6 Å². The predicted octanol–water partition coefficient (Wildman–Crippen LogP) is 2.69. The second-order valence-electron chi connectivity index (χ2n) is 6.45. The molecule has 0 amide bonds. The Bertz CT molecular complexity index is 418. The van der Waals surface area contributed by atoms with E-state index in [1.165, 1.54) is 18.4 Å². The van der Waals surface area contributed by atoms with Crippen LogP contribution in [0, 0.1) is 11.8 Å². The van der Waals surface area contributed by atoms with Crippen LogP contribution in [0.25, 0.3) is 0 Å². The molecular weight excluding hydrogens is 262 g/mol. The smallest absolute Gasteiger partial charge is 0.132 e. The summed E-state index contributed by atoms with van der Waals surface area (Å²) in [7, 11) is 2.09. The lowest BCUT2D eigenvalue weighted by Gasteiger charge is -2.21. The van der Waals surface area contributed by atoms with Crippen molar-refractivity contribution >= 4 is 5.82 Å². The Morgan fingerprint density at radius 1 is 1.43 bits per heavy atom. The molecular formula is C17H29N3O. The number of rotatable bonds is 10. The Kier molecular flexibility index (Phi) is 6.46. The van der Waals surface area contributed by atoms with Gasteiger partial charge in [-0.1, -0.05) is 19.9 Å². The summed E-state index contributed by atoms with van der Waals surface area (Å²) >= 11 is 0. The molecule has 21 heavy (non-hydrogen) atoms. The largest absolute Gasteiger partial charge is 0.379 e. The van der Waals surface area contributed by atoms with E-state index in [1.54, 1.807) is 0 Å². The number of nitrogens with zero attached hydrogens (tertiary/aromatic N) is 2. The molecule has 0 radical (unpaired) electrons. The molecule has 0 saturated heterocycles. The molecule has 1 N–H and O–H groups in total. The van der Waals surface area contributed by atoms with E-state index < -0.39 is 0 Å². The SMILES string of the molecule is CC(C)CNCc1cccnc1N(C)CCOCC1CC1. The van der Waals surface area contributed by atoms with Gasteiger partial charge in [0.25, 0.3) is 0 Å². The van der Waals surface area contributed by atoms with Gasteiger partial charge in [-0.25, -0.2) is 4.98 Å². The molecule has 1 aliphatic rings. The lowest BCUT2D eigenvalue weighted by atomic mass is 10.2. The van der Waals surface area contributed by atoms with Crippen LogP contribution in [0.5, 0.6) is 0 Å². The van der Waals surface area contributed by atoms with Gasteiger partial charge in [-0.15, -0.1) is 0 Å². The molecule has 0 bridgehead atoms. The van der Waals surface area contributed by atoms with Crippen molar-refractivity contribution in [2.24, 2.45) is 11.8 Å². The van der Waals surface area contributed by atoms with Gasteiger partial charge in [-0.2, -0.15) is 0 Å². The molecule has 0 unspecified atom stereocenters. The molecule has 1 aromatic rings. The first-order valence-corrected chi connectivity index (χ1v) is 8.10. The van der Waals surface area contributed by atoms with Crippen molar-refractivity contribution in [1.29, 1.82) is 0 Å². The summed E-state index contributed by atoms with van der Waals surface area (Å²) in [6.07, 6.45) is 4.56. The van der Waals surface area contributed by atoms with Crippen LogP contribution in [-0.2, 0) is 11.3 Å². The van der Waals surface area contributed by atoms with Crippen molar-refractivity contribution in [3.05, 3.63) is 23.9 Å². The Balaban J connectivity index is 1.78. The fourth-order valence-electron chi connectivity index (χ4n) is 2.25. The standard InChI is InChI=1S/C17H29N3O/c1-14(2)11-18-12-16-5-4-8-19-17(16)20(3)9-10-21-13-15-6-7-15/h4-5,8,14-15,18H,6-7,9-13H2,1-3H3. The quantitative estimate of drug-likeness (QED) is 0.673. The Morgan fingerprint density at radius 2 is 2.24 bits per heavy atom. The minimum Gasteiger partial charge on any atom is -0.379 e. The molecule has 4 nitrogen and oxygen atoms in total. The van der Waals surface area contributed by atoms with Crippen LogP contribution in [0.15, 0.2) is 18.3 Å². The number of pyridine rings is 1. The Labute approximate surface area is 128 Å². The highest BCUT2D eigenvalue weighted by molar-refractivity contribution is 5.45. The second kappa shape index (κ2) is 8.35. The highest BCUT2D eigenvalue weighted by atomic mass is 16.5. The van der Waals surface area contributed by atoms with Gasteiger partial charge >= 0.3 is 0 Å². The molecule has 1 aromatic heterocycles. The zero-order valence-electron chi connectivity index (χ0n) is 13.6. The summed E-state index contributed by atoms with van der Waals surface area (Å²) in [5.74, 6) is 2.56. The number of aromatic nitrogens is 1. The topological polar surface area (TPSA) is 37.4 Å². The van der Waals surface area contributed by atoms with Crippen LogP contribution < -0.4 is 10.2 Å². The first kappa shape index (κ1) is 16.2. The minimum atomic E-state index is 0.665. The fourth-order valence-corrected chi connectivity index (χ4v) is 2.25. The van der Waals surface area contributed by atoms with E-state index in [0.29, 0.717) is 5.92 Å². The van der Waals surface area contributed by atoms with Crippen LogP contribution in [0.4, 0.5) is 5.82 Å². The average molecular weight is 291 g/mol. The predicted molar refractivity (Wildman–Crippen MR) is 87.6 cm³/mol. The third-order valence-electron chi connectivity index (χ3n) is 3.72. The molecule has 0 aromatic carbocycles. The summed E-state index contributed by atoms with van der Waals surface area (Å²) in [4.78, 5) is 6.73. The Morgan fingerprint density at radius 3 is 2.95 bits per heavy atom. The van der Waals surface area contributed by atoms with Gasteiger partial charge in [0.2, 0.25) is 0 Å². The van der Waals surface area contributed by atoms with E-state index in [1.807, 2.05) is 12.3 Å². The van der Waals surface area contributed by atoms with Crippen molar-refractivity contribution in [3.63, 3.8) is 0 Å². The number of ether oxygens (including phenoxy) is 1. The monoisotopic (exact) mass is 291 g/mol. The number of hydrogen-bond acceptors (Lipinski definition) is 4. The van der Waals surface area contributed by atoms with Gasteiger partial charge in [0, 0.05) is 38.5 Å². The summed E-state index contributed by atoms with van der Waals surface area (Å²) in [5, 5.41) is 3.49. The van der Waals surface area contributed by atoms with Gasteiger partial charge in [-0.05, 0) is 37.3 Å². The molecule has 1 aliphatic carbocycles. The molecule has 2 rings (SSSR count). The lowest BCUT2D eigenvalue weighted by molar-refractivity contribution is 0.130. The van der Waals surface area contributed by atoms with E-state index >= 15 is 0 Å². The van der Waals surface area contributed by atoms with Crippen LogP contribution in [-0.4, -0.2) is 38.3 Å². The molecule has 1 heterocycles. The van der Waals surface area contributed by atoms with Crippen molar-refractivity contribution in [3.8, 4) is 0 Å². The fraction of sp³-hybridized carbons (Fsp3) is 0.706. The van der Waals surface area contributed by atoms with E-state index in [9.17, 15) is 0 Å². The van der Waals surface area contributed by atoms with E-state index in [2.05, 4.69) is 42.2 Å². The maximum Gasteiger partial charge on any atom is 0.132 e. The third kappa shape index (κ3) is 6.02.